The number of imidazole rings is 1. The molecular weight excluding hydrogens is 813 g/mol. The molecule has 13 nitrogen and oxygen atoms in total. The summed E-state index contributed by atoms with van der Waals surface area (Å²) in [6.45, 7) is 10.8. The van der Waals surface area contributed by atoms with Crippen molar-refractivity contribution in [1.29, 1.82) is 0 Å². The summed E-state index contributed by atoms with van der Waals surface area (Å²) in [5.41, 5.74) is 5.07. The molecule has 7 heterocycles. The second kappa shape index (κ2) is 14.6. The molecule has 62 heavy (non-hydrogen) atoms. The quantitative estimate of drug-likeness (QED) is 0.171. The predicted molar refractivity (Wildman–Crippen MR) is 232 cm³/mol. The highest BCUT2D eigenvalue weighted by atomic mass is 32.1. The molecule has 3 aromatic carbocycles. The van der Waals surface area contributed by atoms with E-state index in [-0.39, 0.29) is 33.6 Å². The molecule has 1 amide bonds. The summed E-state index contributed by atoms with van der Waals surface area (Å²) < 4.78 is 45.0. The fraction of sp³-hybridized carbons (Fsp3) is 0.326. The topological polar surface area (TPSA) is 130 Å². The predicted octanol–water partition coefficient (Wildman–Crippen LogP) is 8.19. The zero-order chi connectivity index (χ0) is 43.4. The maximum atomic E-state index is 16.1. The van der Waals surface area contributed by atoms with Gasteiger partial charge in [-0.3, -0.25) is 18.6 Å². The van der Waals surface area contributed by atoms with Crippen molar-refractivity contribution in [3.63, 3.8) is 0 Å². The second-order valence-electron chi connectivity index (χ2n) is 17.2. The molecule has 1 fully saturated rings. The number of carbonyl (C=O) groups excluding carboxylic acids is 1. The SMILES string of the molecule is Cc1cc(-n2nc3c(c2-n2ccn(-c4ccc5c(cnn5C)c4F)c2=O)[C@H](C)N(C(=O)c2cc4cc([C@H]5CCOC(C)(C)C5)ccc4n2Cc2cnc(O)s2)CC3)cc(C)c1F. The van der Waals surface area contributed by atoms with Gasteiger partial charge in [0.25, 0.3) is 11.1 Å². The number of ether oxygens (including phenoxy) is 1. The van der Waals surface area contributed by atoms with Gasteiger partial charge in [0.2, 0.25) is 0 Å². The number of aryl methyl sites for hydroxylation is 3. The van der Waals surface area contributed by atoms with E-state index in [1.54, 1.807) is 71.8 Å². The molecule has 1 saturated heterocycles. The van der Waals surface area contributed by atoms with Gasteiger partial charge in [-0.25, -0.2) is 23.2 Å². The van der Waals surface area contributed by atoms with E-state index in [2.05, 4.69) is 42.1 Å². The van der Waals surface area contributed by atoms with E-state index in [1.165, 1.54) is 27.1 Å². The van der Waals surface area contributed by atoms with Crippen LogP contribution in [0.1, 0.15) is 88.9 Å². The van der Waals surface area contributed by atoms with Crippen LogP contribution < -0.4 is 5.69 Å². The number of hydrogen-bond acceptors (Lipinski definition) is 8. The van der Waals surface area contributed by atoms with E-state index in [0.29, 0.717) is 77.1 Å². The lowest BCUT2D eigenvalue weighted by Gasteiger charge is -2.35. The van der Waals surface area contributed by atoms with Crippen molar-refractivity contribution in [2.75, 3.05) is 13.2 Å². The van der Waals surface area contributed by atoms with Crippen LogP contribution in [0.4, 0.5) is 8.78 Å². The molecule has 5 aromatic heterocycles. The Bertz CT molecular complexity index is 3140. The maximum Gasteiger partial charge on any atom is 0.338 e. The first kappa shape index (κ1) is 39.7. The zero-order valence-electron chi connectivity index (χ0n) is 35.2. The number of halogens is 2. The molecule has 318 valence electrons. The highest BCUT2D eigenvalue weighted by Crippen LogP contribution is 2.40. The summed E-state index contributed by atoms with van der Waals surface area (Å²) in [7, 11) is 1.72. The number of rotatable bonds is 7. The molecule has 2 aliphatic heterocycles. The molecule has 1 N–H and O–H groups in total. The van der Waals surface area contributed by atoms with Crippen LogP contribution in [-0.4, -0.2) is 72.9 Å². The summed E-state index contributed by atoms with van der Waals surface area (Å²) in [6.07, 6.45) is 8.29. The van der Waals surface area contributed by atoms with Crippen molar-refractivity contribution in [1.82, 2.24) is 43.1 Å². The van der Waals surface area contributed by atoms with Crippen LogP contribution in [0.5, 0.6) is 5.19 Å². The van der Waals surface area contributed by atoms with E-state index >= 15 is 13.6 Å². The van der Waals surface area contributed by atoms with Gasteiger partial charge in [-0.15, -0.1) is 0 Å². The van der Waals surface area contributed by atoms with E-state index in [9.17, 15) is 9.90 Å². The summed E-state index contributed by atoms with van der Waals surface area (Å²) in [5.74, 6) is -0.470. The Morgan fingerprint density at radius 2 is 1.76 bits per heavy atom. The smallest absolute Gasteiger partial charge is 0.338 e. The Balaban J connectivity index is 1.09. The van der Waals surface area contributed by atoms with Gasteiger partial charge in [-0.05, 0) is 113 Å². The van der Waals surface area contributed by atoms with Crippen LogP contribution in [0, 0.1) is 25.5 Å². The molecule has 10 rings (SSSR count). The fourth-order valence-corrected chi connectivity index (χ4v) is 10.2. The molecular formula is C46H45F2N9O4S. The summed E-state index contributed by atoms with van der Waals surface area (Å²) in [5, 5.41) is 20.5. The van der Waals surface area contributed by atoms with E-state index in [0.717, 1.165) is 40.0 Å². The number of aromatic hydroxyl groups is 1. The molecule has 16 heteroatoms. The largest absolute Gasteiger partial charge is 0.486 e. The number of benzene rings is 3. The van der Waals surface area contributed by atoms with Crippen molar-refractivity contribution in [3.8, 4) is 22.4 Å². The maximum absolute atomic E-state index is 16.1. The van der Waals surface area contributed by atoms with Gasteiger partial charge in [0, 0.05) is 66.6 Å². The molecule has 0 spiro atoms. The number of aromatic nitrogens is 8. The Morgan fingerprint density at radius 3 is 2.50 bits per heavy atom. The Kier molecular flexibility index (Phi) is 9.37. The lowest BCUT2D eigenvalue weighted by Crippen LogP contribution is -2.40. The molecule has 2 atom stereocenters. The van der Waals surface area contributed by atoms with Gasteiger partial charge in [-0.2, -0.15) is 10.2 Å². The highest BCUT2D eigenvalue weighted by Gasteiger charge is 2.37. The highest BCUT2D eigenvalue weighted by molar-refractivity contribution is 7.13. The minimum Gasteiger partial charge on any atom is -0.486 e. The van der Waals surface area contributed by atoms with Crippen LogP contribution in [0.25, 0.3) is 39.0 Å². The average Bonchev–Trinajstić information content (AvgIpc) is 4.08. The Morgan fingerprint density at radius 1 is 1.00 bits per heavy atom. The minimum absolute atomic E-state index is 0.0496. The Hall–Kier alpha value is -6.39. The monoisotopic (exact) mass is 857 g/mol. The molecule has 0 radical (unpaired) electrons. The van der Waals surface area contributed by atoms with E-state index in [1.807, 2.05) is 17.6 Å². The van der Waals surface area contributed by atoms with Crippen LogP contribution >= 0.6 is 11.3 Å². The van der Waals surface area contributed by atoms with Gasteiger partial charge in [0.05, 0.1) is 52.4 Å². The lowest BCUT2D eigenvalue weighted by atomic mass is 9.83. The van der Waals surface area contributed by atoms with Crippen LogP contribution in [0.3, 0.4) is 0 Å². The number of hydrogen-bond donors (Lipinski definition) is 1. The number of carbonyl (C=O) groups is 1. The van der Waals surface area contributed by atoms with Crippen LogP contribution in [0.2, 0.25) is 0 Å². The minimum atomic E-state index is -0.589. The molecule has 8 aromatic rings. The van der Waals surface area contributed by atoms with Crippen LogP contribution in [0.15, 0.2) is 78.1 Å². The van der Waals surface area contributed by atoms with Gasteiger partial charge in [0.15, 0.2) is 5.82 Å². The normalized spacial score (nSPS) is 17.6. The molecule has 0 bridgehead atoms. The van der Waals surface area contributed by atoms with E-state index in [4.69, 9.17) is 9.84 Å². The first-order valence-corrected chi connectivity index (χ1v) is 21.5. The lowest BCUT2D eigenvalue weighted by molar-refractivity contribution is -0.0592. The van der Waals surface area contributed by atoms with Crippen molar-refractivity contribution in [3.05, 3.63) is 134 Å². The van der Waals surface area contributed by atoms with Gasteiger partial charge >= 0.3 is 5.69 Å². The number of thiazole rings is 1. The first-order chi connectivity index (χ1) is 29.7. The third kappa shape index (κ3) is 6.46. The van der Waals surface area contributed by atoms with Gasteiger partial charge < -0.3 is 19.3 Å². The standard InChI is InChI=1S/C46H45F2N9O4S/c1-25-17-31(18-26(2)40(25)47)57-42(55-15-14-54(45(55)60)37-10-9-36-33(41(37)48)23-50-52(36)6)39-27(3)53(13-11-34(39)51-57)43(58)38-20-30-19-28(29-12-16-61-46(4,5)21-29)7-8-35(30)56(38)24-32-22-49-44(59)62-32/h7-10,14-15,17-20,22-23,27,29H,11-13,16,21,24H2,1-6H3,(H,49,59)/t27-,29-/m0/s1. The number of nitrogens with zero attached hydrogens (tertiary/aromatic N) is 9. The molecule has 2 aliphatic rings. The van der Waals surface area contributed by atoms with Crippen molar-refractivity contribution in [2.24, 2.45) is 7.05 Å². The summed E-state index contributed by atoms with van der Waals surface area (Å²) in [6, 6.07) is 14.4. The third-order valence-electron chi connectivity index (χ3n) is 12.7. The number of fused-ring (bicyclic) bond motifs is 3. The second-order valence-corrected chi connectivity index (χ2v) is 18.3. The van der Waals surface area contributed by atoms with E-state index < -0.39 is 17.5 Å². The van der Waals surface area contributed by atoms with Crippen LogP contribution in [-0.2, 0) is 24.8 Å². The fourth-order valence-electron chi connectivity index (χ4n) is 9.56. The number of amides is 1. The zero-order valence-corrected chi connectivity index (χ0v) is 36.0. The van der Waals surface area contributed by atoms with Crippen molar-refractivity contribution in [2.45, 2.75) is 78.0 Å². The van der Waals surface area contributed by atoms with Crippen molar-refractivity contribution >= 4 is 39.0 Å². The molecule has 0 aliphatic carbocycles. The average molecular weight is 858 g/mol. The summed E-state index contributed by atoms with van der Waals surface area (Å²) >= 11 is 1.16. The Labute approximate surface area is 359 Å². The first-order valence-electron chi connectivity index (χ1n) is 20.7. The molecule has 0 unspecified atom stereocenters. The third-order valence-corrected chi connectivity index (χ3v) is 13.4. The van der Waals surface area contributed by atoms with Crippen molar-refractivity contribution < 1.29 is 23.4 Å². The molecule has 0 saturated carbocycles. The van der Waals surface area contributed by atoms with Gasteiger partial charge in [0.1, 0.15) is 17.3 Å². The van der Waals surface area contributed by atoms with Gasteiger partial charge in [-0.1, -0.05) is 17.4 Å². The summed E-state index contributed by atoms with van der Waals surface area (Å²) in [4.78, 5) is 36.4.